The molecule has 0 unspecified atom stereocenters. The fourth-order valence-electron chi connectivity index (χ4n) is 1.61. The van der Waals surface area contributed by atoms with E-state index in [4.69, 9.17) is 5.73 Å². The summed E-state index contributed by atoms with van der Waals surface area (Å²) in [5, 5.41) is 4.15. The summed E-state index contributed by atoms with van der Waals surface area (Å²) in [7, 11) is 1.33. The van der Waals surface area contributed by atoms with Crippen molar-refractivity contribution in [1.82, 2.24) is 14.8 Å². The van der Waals surface area contributed by atoms with Crippen LogP contribution in [-0.2, 0) is 11.3 Å². The summed E-state index contributed by atoms with van der Waals surface area (Å²) in [5.41, 5.74) is 7.81. The maximum atomic E-state index is 11.2. The molecular weight excluding hydrogens is 232 g/mol. The number of carbonyl (C=O) groups excluding carboxylic acids is 1. The highest BCUT2D eigenvalue weighted by molar-refractivity contribution is 5.86. The van der Waals surface area contributed by atoms with Gasteiger partial charge in [-0.15, -0.1) is 0 Å². The number of aryl methyl sites for hydroxylation is 1. The maximum absolute atomic E-state index is 11.2. The van der Waals surface area contributed by atoms with E-state index in [0.717, 1.165) is 11.3 Å². The van der Waals surface area contributed by atoms with Gasteiger partial charge < -0.3 is 10.5 Å². The van der Waals surface area contributed by atoms with Crippen molar-refractivity contribution in [3.8, 4) is 0 Å². The third-order valence-electron chi connectivity index (χ3n) is 2.55. The first kappa shape index (κ1) is 12.1. The molecule has 0 atom stereocenters. The lowest BCUT2D eigenvalue weighted by atomic mass is 10.2. The van der Waals surface area contributed by atoms with Crippen molar-refractivity contribution < 1.29 is 9.53 Å². The largest absolute Gasteiger partial charge is 0.464 e. The van der Waals surface area contributed by atoms with Crippen LogP contribution in [-0.4, -0.2) is 27.8 Å². The number of ether oxygens (including phenoxy) is 1. The highest BCUT2D eigenvalue weighted by Crippen LogP contribution is 2.08. The van der Waals surface area contributed by atoms with Gasteiger partial charge in [0.05, 0.1) is 13.7 Å². The third-order valence-corrected chi connectivity index (χ3v) is 2.55. The Morgan fingerprint density at radius 1 is 1.50 bits per heavy atom. The average Bonchev–Trinajstić information content (AvgIpc) is 2.68. The zero-order chi connectivity index (χ0) is 13.1. The van der Waals surface area contributed by atoms with Crippen LogP contribution in [0.3, 0.4) is 0 Å². The van der Waals surface area contributed by atoms with Gasteiger partial charge in [-0.3, -0.25) is 4.68 Å². The molecule has 2 N–H and O–H groups in total. The highest BCUT2D eigenvalue weighted by atomic mass is 16.5. The van der Waals surface area contributed by atoms with Crippen molar-refractivity contribution in [2.24, 2.45) is 0 Å². The maximum Gasteiger partial charge on any atom is 0.356 e. The van der Waals surface area contributed by atoms with Gasteiger partial charge >= 0.3 is 5.97 Å². The smallest absolute Gasteiger partial charge is 0.356 e. The van der Waals surface area contributed by atoms with Gasteiger partial charge in [0, 0.05) is 18.0 Å². The van der Waals surface area contributed by atoms with Gasteiger partial charge in [-0.1, -0.05) is 6.07 Å². The Morgan fingerprint density at radius 2 is 2.28 bits per heavy atom. The van der Waals surface area contributed by atoms with E-state index in [1.165, 1.54) is 7.11 Å². The summed E-state index contributed by atoms with van der Waals surface area (Å²) in [4.78, 5) is 15.3. The molecule has 2 heterocycles. The van der Waals surface area contributed by atoms with E-state index in [0.29, 0.717) is 12.4 Å². The standard InChI is InChI=1S/C12H14N4O2/c1-8-5-11(13)15-16(8)7-9-3-4-10(14-6-9)12(17)18-2/h3-6H,7H2,1-2H3,(H2,13,15). The number of nitrogen functional groups attached to an aromatic ring is 1. The van der Waals surface area contributed by atoms with Crippen LogP contribution in [0.2, 0.25) is 0 Å². The van der Waals surface area contributed by atoms with Gasteiger partial charge in [-0.05, 0) is 18.6 Å². The number of hydrogen-bond donors (Lipinski definition) is 1. The van der Waals surface area contributed by atoms with E-state index >= 15 is 0 Å². The van der Waals surface area contributed by atoms with Crippen molar-refractivity contribution in [1.29, 1.82) is 0 Å². The molecule has 0 aromatic carbocycles. The van der Waals surface area contributed by atoms with Crippen LogP contribution in [0.1, 0.15) is 21.7 Å². The van der Waals surface area contributed by atoms with Crippen LogP contribution in [0.5, 0.6) is 0 Å². The van der Waals surface area contributed by atoms with E-state index in [-0.39, 0.29) is 5.69 Å². The van der Waals surface area contributed by atoms with Crippen molar-refractivity contribution in [3.05, 3.63) is 41.3 Å². The molecule has 0 fully saturated rings. The molecule has 0 amide bonds. The number of pyridine rings is 1. The van der Waals surface area contributed by atoms with Gasteiger partial charge in [0.2, 0.25) is 0 Å². The number of aromatic nitrogens is 3. The van der Waals surface area contributed by atoms with Crippen molar-refractivity contribution in [3.63, 3.8) is 0 Å². The predicted molar refractivity (Wildman–Crippen MR) is 66.1 cm³/mol. The molecule has 0 aliphatic heterocycles. The van der Waals surface area contributed by atoms with Gasteiger partial charge in [0.25, 0.3) is 0 Å². The fraction of sp³-hybridized carbons (Fsp3) is 0.250. The van der Waals surface area contributed by atoms with E-state index < -0.39 is 5.97 Å². The molecule has 18 heavy (non-hydrogen) atoms. The number of carbonyl (C=O) groups is 1. The van der Waals surface area contributed by atoms with Crippen molar-refractivity contribution in [2.45, 2.75) is 13.5 Å². The van der Waals surface area contributed by atoms with Gasteiger partial charge in [-0.25, -0.2) is 9.78 Å². The quantitative estimate of drug-likeness (QED) is 0.817. The van der Waals surface area contributed by atoms with Crippen LogP contribution >= 0.6 is 0 Å². The molecule has 0 saturated heterocycles. The predicted octanol–water partition coefficient (Wildman–Crippen LogP) is 1.00. The molecule has 2 rings (SSSR count). The van der Waals surface area contributed by atoms with Crippen LogP contribution in [0.25, 0.3) is 0 Å². The second-order valence-corrected chi connectivity index (χ2v) is 3.91. The number of esters is 1. The zero-order valence-corrected chi connectivity index (χ0v) is 10.3. The molecule has 0 radical (unpaired) electrons. The van der Waals surface area contributed by atoms with Crippen molar-refractivity contribution >= 4 is 11.8 Å². The average molecular weight is 246 g/mol. The van der Waals surface area contributed by atoms with E-state index in [9.17, 15) is 4.79 Å². The molecule has 6 heteroatoms. The highest BCUT2D eigenvalue weighted by Gasteiger charge is 2.07. The van der Waals surface area contributed by atoms with Crippen molar-refractivity contribution in [2.75, 3.05) is 12.8 Å². The Labute approximate surface area is 104 Å². The summed E-state index contributed by atoms with van der Waals surface area (Å²) < 4.78 is 6.36. The summed E-state index contributed by atoms with van der Waals surface area (Å²) in [5.74, 6) is 0.0488. The summed E-state index contributed by atoms with van der Waals surface area (Å²) in [6.07, 6.45) is 1.63. The Balaban J connectivity index is 2.16. The van der Waals surface area contributed by atoms with E-state index in [2.05, 4.69) is 14.8 Å². The Bertz CT molecular complexity index is 560. The lowest BCUT2D eigenvalue weighted by Crippen LogP contribution is -2.07. The molecule has 94 valence electrons. The van der Waals surface area contributed by atoms with Crippen LogP contribution in [0.15, 0.2) is 24.4 Å². The van der Waals surface area contributed by atoms with E-state index in [1.54, 1.807) is 23.0 Å². The number of methoxy groups -OCH3 is 1. The van der Waals surface area contributed by atoms with Crippen LogP contribution in [0, 0.1) is 6.92 Å². The first-order valence-corrected chi connectivity index (χ1v) is 5.43. The molecule has 2 aromatic rings. The van der Waals surface area contributed by atoms with Crippen LogP contribution in [0.4, 0.5) is 5.82 Å². The molecule has 0 bridgehead atoms. The molecule has 0 aliphatic carbocycles. The SMILES string of the molecule is COC(=O)c1ccc(Cn2nc(N)cc2C)cn1. The van der Waals surface area contributed by atoms with Gasteiger partial charge in [0.1, 0.15) is 11.5 Å². The second kappa shape index (κ2) is 4.87. The number of rotatable bonds is 3. The third kappa shape index (κ3) is 2.48. The minimum Gasteiger partial charge on any atom is -0.464 e. The number of nitrogens with two attached hydrogens (primary N) is 1. The van der Waals surface area contributed by atoms with Crippen LogP contribution < -0.4 is 5.73 Å². The molecule has 0 aliphatic rings. The molecule has 0 spiro atoms. The lowest BCUT2D eigenvalue weighted by Gasteiger charge is -2.04. The minimum absolute atomic E-state index is 0.290. The van der Waals surface area contributed by atoms with Gasteiger partial charge in [0.15, 0.2) is 0 Å². The molecule has 6 nitrogen and oxygen atoms in total. The number of anilines is 1. The monoisotopic (exact) mass is 246 g/mol. The Morgan fingerprint density at radius 3 is 2.78 bits per heavy atom. The first-order valence-electron chi connectivity index (χ1n) is 5.43. The summed E-state index contributed by atoms with van der Waals surface area (Å²) >= 11 is 0. The number of nitrogens with zero attached hydrogens (tertiary/aromatic N) is 3. The molecule has 0 saturated carbocycles. The summed E-state index contributed by atoms with van der Waals surface area (Å²) in [6, 6.07) is 5.25. The first-order chi connectivity index (χ1) is 8.60. The number of hydrogen-bond acceptors (Lipinski definition) is 5. The normalized spacial score (nSPS) is 10.3. The van der Waals surface area contributed by atoms with E-state index in [1.807, 2.05) is 13.0 Å². The molecule has 2 aromatic heterocycles. The lowest BCUT2D eigenvalue weighted by molar-refractivity contribution is 0.0594. The topological polar surface area (TPSA) is 83.0 Å². The van der Waals surface area contributed by atoms with Gasteiger partial charge in [-0.2, -0.15) is 5.10 Å². The Hall–Kier alpha value is -2.37. The second-order valence-electron chi connectivity index (χ2n) is 3.91. The summed E-state index contributed by atoms with van der Waals surface area (Å²) in [6.45, 7) is 2.50. The minimum atomic E-state index is -0.443. The molecular formula is C12H14N4O2. The Kier molecular flexibility index (Phi) is 3.27. The zero-order valence-electron chi connectivity index (χ0n) is 10.3. The fourth-order valence-corrected chi connectivity index (χ4v) is 1.61.